The number of amides is 1. The fourth-order valence-electron chi connectivity index (χ4n) is 2.74. The molecule has 104 valence electrons. The Morgan fingerprint density at radius 2 is 2.20 bits per heavy atom. The molecule has 1 fully saturated rings. The van der Waals surface area contributed by atoms with Crippen LogP contribution in [0.3, 0.4) is 0 Å². The predicted octanol–water partition coefficient (Wildman–Crippen LogP) is 3.26. The molecule has 6 heteroatoms. The molecule has 0 aliphatic carbocycles. The van der Waals surface area contributed by atoms with Gasteiger partial charge in [-0.15, -0.1) is 0 Å². The first-order chi connectivity index (χ1) is 9.58. The van der Waals surface area contributed by atoms with Gasteiger partial charge in [-0.2, -0.15) is 0 Å². The zero-order valence-electron chi connectivity index (χ0n) is 10.6. The van der Waals surface area contributed by atoms with E-state index < -0.39 is 12.1 Å². The smallest absolute Gasteiger partial charge is 0.407 e. The molecule has 2 aromatic rings. The van der Waals surface area contributed by atoms with Gasteiger partial charge in [0.2, 0.25) is 0 Å². The molecule has 3 rings (SSSR count). The fraction of sp³-hybridized carbons (Fsp3) is 0.286. The molecule has 1 amide bonds. The van der Waals surface area contributed by atoms with Crippen LogP contribution in [0.5, 0.6) is 0 Å². The van der Waals surface area contributed by atoms with Gasteiger partial charge in [0.15, 0.2) is 5.78 Å². The number of aromatic nitrogens is 1. The van der Waals surface area contributed by atoms with Gasteiger partial charge in [0.25, 0.3) is 0 Å². The highest BCUT2D eigenvalue weighted by molar-refractivity contribution is 9.10. The fourth-order valence-corrected chi connectivity index (χ4v) is 3.11. The van der Waals surface area contributed by atoms with E-state index in [9.17, 15) is 9.59 Å². The Balaban J connectivity index is 2.00. The number of aromatic amines is 1. The van der Waals surface area contributed by atoms with Crippen LogP contribution in [-0.4, -0.2) is 39.5 Å². The number of halogens is 1. The Morgan fingerprint density at radius 3 is 2.95 bits per heavy atom. The van der Waals surface area contributed by atoms with Gasteiger partial charge in [0, 0.05) is 33.7 Å². The van der Waals surface area contributed by atoms with Crippen LogP contribution >= 0.6 is 15.9 Å². The summed E-state index contributed by atoms with van der Waals surface area (Å²) in [4.78, 5) is 28.1. The van der Waals surface area contributed by atoms with E-state index in [1.165, 1.54) is 4.90 Å². The third-order valence-electron chi connectivity index (χ3n) is 3.71. The average molecular weight is 337 g/mol. The minimum absolute atomic E-state index is 0.130. The van der Waals surface area contributed by atoms with Gasteiger partial charge in [0.1, 0.15) is 0 Å². The van der Waals surface area contributed by atoms with Gasteiger partial charge in [-0.05, 0) is 31.0 Å². The maximum atomic E-state index is 12.6. The molecule has 0 spiro atoms. The quantitative estimate of drug-likeness (QED) is 0.826. The van der Waals surface area contributed by atoms with E-state index in [4.69, 9.17) is 5.11 Å². The number of carbonyl (C=O) groups is 2. The maximum absolute atomic E-state index is 12.6. The SMILES string of the molecule is O=C(c1c[nH]c2ccc(Br)cc12)[C@H]1CCCN1C(=O)O. The van der Waals surface area contributed by atoms with Crippen LogP contribution in [-0.2, 0) is 0 Å². The number of carboxylic acid groups (broad SMARTS) is 1. The van der Waals surface area contributed by atoms with Gasteiger partial charge < -0.3 is 10.1 Å². The summed E-state index contributed by atoms with van der Waals surface area (Å²) in [7, 11) is 0. The number of H-pyrrole nitrogens is 1. The van der Waals surface area contributed by atoms with Crippen LogP contribution < -0.4 is 0 Å². The lowest BCUT2D eigenvalue weighted by Crippen LogP contribution is -2.39. The summed E-state index contributed by atoms with van der Waals surface area (Å²) < 4.78 is 0.889. The van der Waals surface area contributed by atoms with Crippen molar-refractivity contribution in [3.63, 3.8) is 0 Å². The summed E-state index contributed by atoms with van der Waals surface area (Å²) >= 11 is 3.39. The predicted molar refractivity (Wildman–Crippen MR) is 78.1 cm³/mol. The zero-order valence-corrected chi connectivity index (χ0v) is 12.2. The van der Waals surface area contributed by atoms with Crippen LogP contribution in [0, 0.1) is 0 Å². The highest BCUT2D eigenvalue weighted by Crippen LogP contribution is 2.27. The molecule has 2 N–H and O–H groups in total. The highest BCUT2D eigenvalue weighted by Gasteiger charge is 2.35. The highest BCUT2D eigenvalue weighted by atomic mass is 79.9. The number of hydrogen-bond acceptors (Lipinski definition) is 2. The molecule has 2 heterocycles. The minimum Gasteiger partial charge on any atom is -0.465 e. The number of rotatable bonds is 2. The molecular weight excluding hydrogens is 324 g/mol. The molecule has 1 aliphatic rings. The van der Waals surface area contributed by atoms with Crippen molar-refractivity contribution in [3.8, 4) is 0 Å². The van der Waals surface area contributed by atoms with Crippen molar-refractivity contribution < 1.29 is 14.7 Å². The Hall–Kier alpha value is -1.82. The molecule has 20 heavy (non-hydrogen) atoms. The number of nitrogens with one attached hydrogen (secondary N) is 1. The van der Waals surface area contributed by atoms with Crippen molar-refractivity contribution in [3.05, 3.63) is 34.4 Å². The van der Waals surface area contributed by atoms with Crippen molar-refractivity contribution in [2.24, 2.45) is 0 Å². The molecule has 1 saturated heterocycles. The van der Waals surface area contributed by atoms with Gasteiger partial charge >= 0.3 is 6.09 Å². The molecule has 1 aromatic heterocycles. The largest absolute Gasteiger partial charge is 0.465 e. The molecule has 1 aliphatic heterocycles. The van der Waals surface area contributed by atoms with Gasteiger partial charge in [-0.3, -0.25) is 9.69 Å². The maximum Gasteiger partial charge on any atom is 0.407 e. The second-order valence-electron chi connectivity index (χ2n) is 4.89. The Kier molecular flexibility index (Phi) is 3.25. The molecule has 1 atom stereocenters. The van der Waals surface area contributed by atoms with E-state index >= 15 is 0 Å². The van der Waals surface area contributed by atoms with E-state index in [0.717, 1.165) is 21.8 Å². The summed E-state index contributed by atoms with van der Waals surface area (Å²) in [6.45, 7) is 0.428. The number of carbonyl (C=O) groups excluding carboxylic acids is 1. The standard InChI is InChI=1S/C14H13BrN2O3/c15-8-3-4-11-9(6-8)10(7-16-11)13(18)12-2-1-5-17(12)14(19)20/h3-4,6-7,12,16H,1-2,5H2,(H,19,20)/t12-/m1/s1. The first kappa shape index (κ1) is 13.2. The lowest BCUT2D eigenvalue weighted by Gasteiger charge is -2.19. The Bertz CT molecular complexity index is 695. The first-order valence-electron chi connectivity index (χ1n) is 6.38. The lowest BCUT2D eigenvalue weighted by atomic mass is 10.0. The van der Waals surface area contributed by atoms with E-state index in [1.54, 1.807) is 6.20 Å². The number of ketones is 1. The molecule has 0 unspecified atom stereocenters. The van der Waals surface area contributed by atoms with E-state index in [2.05, 4.69) is 20.9 Å². The minimum atomic E-state index is -1.03. The molecule has 0 saturated carbocycles. The summed E-state index contributed by atoms with van der Waals surface area (Å²) in [6, 6.07) is 5.09. The van der Waals surface area contributed by atoms with Crippen LogP contribution in [0.1, 0.15) is 23.2 Å². The third-order valence-corrected chi connectivity index (χ3v) is 4.20. The van der Waals surface area contributed by atoms with Crippen LogP contribution in [0.2, 0.25) is 0 Å². The van der Waals surface area contributed by atoms with Gasteiger partial charge in [-0.25, -0.2) is 4.79 Å². The van der Waals surface area contributed by atoms with E-state index in [0.29, 0.717) is 18.5 Å². The molecule has 5 nitrogen and oxygen atoms in total. The molecular formula is C14H13BrN2O3. The van der Waals surface area contributed by atoms with Crippen LogP contribution in [0.4, 0.5) is 4.79 Å². The number of benzene rings is 1. The second kappa shape index (κ2) is 4.94. The topological polar surface area (TPSA) is 73.4 Å². The Morgan fingerprint density at radius 1 is 1.40 bits per heavy atom. The number of fused-ring (bicyclic) bond motifs is 1. The number of hydrogen-bond donors (Lipinski definition) is 2. The van der Waals surface area contributed by atoms with Crippen LogP contribution in [0.15, 0.2) is 28.9 Å². The van der Waals surface area contributed by atoms with Gasteiger partial charge in [0.05, 0.1) is 6.04 Å². The average Bonchev–Trinajstić information content (AvgIpc) is 3.04. The van der Waals surface area contributed by atoms with E-state index in [-0.39, 0.29) is 5.78 Å². The second-order valence-corrected chi connectivity index (χ2v) is 5.81. The first-order valence-corrected chi connectivity index (χ1v) is 7.17. The molecule has 1 aromatic carbocycles. The van der Waals surface area contributed by atoms with Crippen molar-refractivity contribution >= 4 is 38.7 Å². The van der Waals surface area contributed by atoms with Crippen molar-refractivity contribution in [2.75, 3.05) is 6.54 Å². The normalized spacial score (nSPS) is 18.6. The number of nitrogens with zero attached hydrogens (tertiary/aromatic N) is 1. The van der Waals surface area contributed by atoms with Crippen LogP contribution in [0.25, 0.3) is 10.9 Å². The zero-order chi connectivity index (χ0) is 14.3. The summed E-state index contributed by atoms with van der Waals surface area (Å²) in [5.41, 5.74) is 1.43. The molecule has 0 bridgehead atoms. The Labute approximate surface area is 123 Å². The molecule has 0 radical (unpaired) electrons. The van der Waals surface area contributed by atoms with Crippen molar-refractivity contribution in [1.29, 1.82) is 0 Å². The summed E-state index contributed by atoms with van der Waals surface area (Å²) in [5.74, 6) is -0.130. The van der Waals surface area contributed by atoms with E-state index in [1.807, 2.05) is 18.2 Å². The van der Waals surface area contributed by atoms with Crippen molar-refractivity contribution in [2.45, 2.75) is 18.9 Å². The van der Waals surface area contributed by atoms with Gasteiger partial charge in [-0.1, -0.05) is 15.9 Å². The van der Waals surface area contributed by atoms with Crippen molar-refractivity contribution in [1.82, 2.24) is 9.88 Å². The summed E-state index contributed by atoms with van der Waals surface area (Å²) in [6.07, 6.45) is 1.96. The number of likely N-dealkylation sites (tertiary alicyclic amines) is 1. The summed E-state index contributed by atoms with van der Waals surface area (Å²) in [5, 5.41) is 9.97. The lowest BCUT2D eigenvalue weighted by molar-refractivity contribution is 0.0846. The third kappa shape index (κ3) is 2.10. The number of Topliss-reactive ketones (excluding diaryl/α,β-unsaturated/α-hetero) is 1. The monoisotopic (exact) mass is 336 g/mol.